The molecule has 1 unspecified atom stereocenters. The standard InChI is InChI=1S/C9H17N3/c1-8(11)9-2-5-12(6-3-9)7-4-10/h8-9H,2-3,5-7,11H2,1H3. The van der Waals surface area contributed by atoms with E-state index in [1.165, 1.54) is 0 Å². The van der Waals surface area contributed by atoms with E-state index in [4.69, 9.17) is 11.0 Å². The molecule has 2 N–H and O–H groups in total. The molecule has 0 aromatic carbocycles. The quantitative estimate of drug-likeness (QED) is 0.612. The summed E-state index contributed by atoms with van der Waals surface area (Å²) < 4.78 is 0. The summed E-state index contributed by atoms with van der Waals surface area (Å²) in [4.78, 5) is 2.19. The first kappa shape index (κ1) is 9.50. The molecule has 3 heteroatoms. The second-order valence-electron chi connectivity index (χ2n) is 3.63. The normalized spacial score (nSPS) is 23.4. The van der Waals surface area contributed by atoms with E-state index in [0.717, 1.165) is 25.9 Å². The zero-order chi connectivity index (χ0) is 8.97. The second-order valence-corrected chi connectivity index (χ2v) is 3.63. The molecule has 0 radical (unpaired) electrons. The summed E-state index contributed by atoms with van der Waals surface area (Å²) in [7, 11) is 0. The number of nitrogens with two attached hydrogens (primary N) is 1. The largest absolute Gasteiger partial charge is 0.328 e. The third-order valence-electron chi connectivity index (χ3n) is 2.67. The molecule has 12 heavy (non-hydrogen) atoms. The zero-order valence-corrected chi connectivity index (χ0v) is 7.66. The number of hydrogen-bond acceptors (Lipinski definition) is 3. The van der Waals surface area contributed by atoms with Crippen molar-refractivity contribution in [2.24, 2.45) is 11.7 Å². The van der Waals surface area contributed by atoms with Gasteiger partial charge in [-0.25, -0.2) is 0 Å². The van der Waals surface area contributed by atoms with Crippen molar-refractivity contribution in [2.45, 2.75) is 25.8 Å². The van der Waals surface area contributed by atoms with Gasteiger partial charge in [0, 0.05) is 6.04 Å². The fraction of sp³-hybridized carbons (Fsp3) is 0.889. The Labute approximate surface area is 74.1 Å². The zero-order valence-electron chi connectivity index (χ0n) is 7.66. The van der Waals surface area contributed by atoms with E-state index in [9.17, 15) is 0 Å². The van der Waals surface area contributed by atoms with Crippen LogP contribution in [0.2, 0.25) is 0 Å². The van der Waals surface area contributed by atoms with Crippen molar-refractivity contribution in [3.8, 4) is 6.07 Å². The minimum Gasteiger partial charge on any atom is -0.328 e. The highest BCUT2D eigenvalue weighted by Gasteiger charge is 2.20. The van der Waals surface area contributed by atoms with Crippen LogP contribution < -0.4 is 5.73 Å². The third-order valence-corrected chi connectivity index (χ3v) is 2.67. The minimum atomic E-state index is 0.314. The Kier molecular flexibility index (Phi) is 3.51. The van der Waals surface area contributed by atoms with Crippen LogP contribution in [-0.2, 0) is 0 Å². The minimum absolute atomic E-state index is 0.314. The monoisotopic (exact) mass is 167 g/mol. The van der Waals surface area contributed by atoms with Gasteiger partial charge >= 0.3 is 0 Å². The maximum absolute atomic E-state index is 8.48. The molecule has 68 valence electrons. The van der Waals surface area contributed by atoms with Crippen LogP contribution in [0.3, 0.4) is 0 Å². The van der Waals surface area contributed by atoms with Crippen LogP contribution in [0.5, 0.6) is 0 Å². The van der Waals surface area contributed by atoms with Crippen molar-refractivity contribution < 1.29 is 0 Å². The lowest BCUT2D eigenvalue weighted by Gasteiger charge is -2.32. The lowest BCUT2D eigenvalue weighted by molar-refractivity contribution is 0.188. The van der Waals surface area contributed by atoms with Crippen molar-refractivity contribution >= 4 is 0 Å². The van der Waals surface area contributed by atoms with E-state index >= 15 is 0 Å². The Morgan fingerprint density at radius 1 is 1.58 bits per heavy atom. The first-order valence-corrected chi connectivity index (χ1v) is 4.59. The van der Waals surface area contributed by atoms with Crippen molar-refractivity contribution in [2.75, 3.05) is 19.6 Å². The highest BCUT2D eigenvalue weighted by molar-refractivity contribution is 4.82. The molecular weight excluding hydrogens is 150 g/mol. The summed E-state index contributed by atoms with van der Waals surface area (Å²) in [6.07, 6.45) is 2.30. The number of nitriles is 1. The molecule has 1 atom stereocenters. The van der Waals surface area contributed by atoms with E-state index in [0.29, 0.717) is 18.5 Å². The molecule has 1 heterocycles. The molecule has 1 rings (SSSR count). The smallest absolute Gasteiger partial charge is 0.0865 e. The van der Waals surface area contributed by atoms with Crippen molar-refractivity contribution in [3.05, 3.63) is 0 Å². The summed E-state index contributed by atoms with van der Waals surface area (Å²) in [6, 6.07) is 2.49. The van der Waals surface area contributed by atoms with Gasteiger partial charge in [-0.1, -0.05) is 0 Å². The van der Waals surface area contributed by atoms with Crippen LogP contribution in [0.1, 0.15) is 19.8 Å². The Bertz CT molecular complexity index is 163. The summed E-state index contributed by atoms with van der Waals surface area (Å²) in [5.74, 6) is 0.667. The summed E-state index contributed by atoms with van der Waals surface area (Å²) in [6.45, 7) is 4.73. The highest BCUT2D eigenvalue weighted by Crippen LogP contribution is 2.18. The number of likely N-dealkylation sites (tertiary alicyclic amines) is 1. The molecule has 1 fully saturated rings. The van der Waals surface area contributed by atoms with Crippen LogP contribution in [0.4, 0.5) is 0 Å². The average molecular weight is 167 g/mol. The Balaban J connectivity index is 2.26. The highest BCUT2D eigenvalue weighted by atomic mass is 15.1. The van der Waals surface area contributed by atoms with Crippen LogP contribution in [-0.4, -0.2) is 30.6 Å². The Hall–Kier alpha value is -0.590. The van der Waals surface area contributed by atoms with E-state index in [1.807, 2.05) is 0 Å². The van der Waals surface area contributed by atoms with Gasteiger partial charge < -0.3 is 5.73 Å². The lowest BCUT2D eigenvalue weighted by Crippen LogP contribution is -2.39. The van der Waals surface area contributed by atoms with Crippen molar-refractivity contribution in [1.82, 2.24) is 4.90 Å². The van der Waals surface area contributed by atoms with Crippen LogP contribution in [0.15, 0.2) is 0 Å². The number of rotatable bonds is 2. The molecule has 0 spiro atoms. The molecule has 1 saturated heterocycles. The lowest BCUT2D eigenvalue weighted by atomic mass is 9.91. The predicted octanol–water partition coefficient (Wildman–Crippen LogP) is 0.569. The summed E-state index contributed by atoms with van der Waals surface area (Å²) >= 11 is 0. The fourth-order valence-corrected chi connectivity index (χ4v) is 1.74. The van der Waals surface area contributed by atoms with Gasteiger partial charge in [-0.05, 0) is 38.8 Å². The SMILES string of the molecule is CC(N)C1CCN(CC#N)CC1. The van der Waals surface area contributed by atoms with Crippen LogP contribution >= 0.6 is 0 Å². The van der Waals surface area contributed by atoms with Gasteiger partial charge in [-0.3, -0.25) is 4.90 Å². The van der Waals surface area contributed by atoms with E-state index in [1.54, 1.807) is 0 Å². The number of hydrogen-bond donors (Lipinski definition) is 1. The van der Waals surface area contributed by atoms with Gasteiger partial charge in [0.15, 0.2) is 0 Å². The molecule has 1 aliphatic rings. The summed E-state index contributed by atoms with van der Waals surface area (Å²) in [5.41, 5.74) is 5.80. The van der Waals surface area contributed by atoms with Gasteiger partial charge in [0.25, 0.3) is 0 Å². The van der Waals surface area contributed by atoms with Crippen LogP contribution in [0.25, 0.3) is 0 Å². The molecule has 0 aromatic rings. The molecular formula is C9H17N3. The van der Waals surface area contributed by atoms with Gasteiger partial charge in [0.1, 0.15) is 0 Å². The van der Waals surface area contributed by atoms with Gasteiger partial charge in [0.05, 0.1) is 12.6 Å². The first-order chi connectivity index (χ1) is 5.74. The molecule has 0 aliphatic carbocycles. The Morgan fingerprint density at radius 3 is 2.58 bits per heavy atom. The molecule has 3 nitrogen and oxygen atoms in total. The fourth-order valence-electron chi connectivity index (χ4n) is 1.74. The van der Waals surface area contributed by atoms with E-state index in [2.05, 4.69) is 17.9 Å². The van der Waals surface area contributed by atoms with Crippen LogP contribution in [0, 0.1) is 17.2 Å². The topological polar surface area (TPSA) is 53.0 Å². The third kappa shape index (κ3) is 2.47. The van der Waals surface area contributed by atoms with Gasteiger partial charge in [-0.15, -0.1) is 0 Å². The number of piperidine rings is 1. The van der Waals surface area contributed by atoms with Crippen molar-refractivity contribution in [3.63, 3.8) is 0 Å². The molecule has 0 amide bonds. The molecule has 0 bridgehead atoms. The first-order valence-electron chi connectivity index (χ1n) is 4.59. The number of nitrogens with zero attached hydrogens (tertiary/aromatic N) is 2. The molecule has 0 saturated carbocycles. The van der Waals surface area contributed by atoms with Gasteiger partial charge in [-0.2, -0.15) is 5.26 Å². The van der Waals surface area contributed by atoms with Gasteiger partial charge in [0.2, 0.25) is 0 Å². The molecule has 1 aliphatic heterocycles. The predicted molar refractivity (Wildman–Crippen MR) is 48.4 cm³/mol. The Morgan fingerprint density at radius 2 is 2.17 bits per heavy atom. The van der Waals surface area contributed by atoms with Crippen molar-refractivity contribution in [1.29, 1.82) is 5.26 Å². The molecule has 0 aromatic heterocycles. The second kappa shape index (κ2) is 4.44. The summed E-state index contributed by atoms with van der Waals surface area (Å²) in [5, 5.41) is 8.48. The maximum atomic E-state index is 8.48. The van der Waals surface area contributed by atoms with E-state index < -0.39 is 0 Å². The van der Waals surface area contributed by atoms with E-state index in [-0.39, 0.29) is 0 Å². The maximum Gasteiger partial charge on any atom is 0.0865 e. The average Bonchev–Trinajstić information content (AvgIpc) is 2.06.